The maximum Gasteiger partial charge on any atom is 0.252 e. The van der Waals surface area contributed by atoms with Gasteiger partial charge in [0.2, 0.25) is 0 Å². The fourth-order valence-electron chi connectivity index (χ4n) is 2.37. The summed E-state index contributed by atoms with van der Waals surface area (Å²) in [5, 5.41) is 3.06. The zero-order valence-electron chi connectivity index (χ0n) is 12.5. The van der Waals surface area contributed by atoms with Crippen LogP contribution in [0.2, 0.25) is 0 Å². The van der Waals surface area contributed by atoms with Gasteiger partial charge in [0.05, 0.1) is 12.2 Å². The average molecular weight is 334 g/mol. The third-order valence-corrected chi connectivity index (χ3v) is 7.08. The average Bonchev–Trinajstić information content (AvgIpc) is 3.11. The van der Waals surface area contributed by atoms with Crippen LogP contribution < -0.4 is 5.32 Å². The molecule has 6 nitrogen and oxygen atoms in total. The van der Waals surface area contributed by atoms with Crippen molar-refractivity contribution in [2.75, 3.05) is 40.9 Å². The Bertz CT molecular complexity index is 546. The van der Waals surface area contributed by atoms with Gasteiger partial charge in [-0.1, -0.05) is 0 Å². The summed E-state index contributed by atoms with van der Waals surface area (Å²) in [7, 11) is 1.58. The van der Waals surface area contributed by atoms with Crippen molar-refractivity contribution >= 4 is 21.4 Å². The molecule has 0 radical (unpaired) electrons. The van der Waals surface area contributed by atoms with Gasteiger partial charge in [-0.3, -0.25) is 0 Å². The molecule has 0 bridgehead atoms. The van der Waals surface area contributed by atoms with Gasteiger partial charge in [0.1, 0.15) is 4.21 Å². The van der Waals surface area contributed by atoms with Crippen molar-refractivity contribution in [3.63, 3.8) is 0 Å². The van der Waals surface area contributed by atoms with Gasteiger partial charge in [0.25, 0.3) is 10.0 Å². The fraction of sp³-hybridized carbons (Fsp3) is 0.692. The lowest BCUT2D eigenvalue weighted by atomic mass is 10.3. The summed E-state index contributed by atoms with van der Waals surface area (Å²) in [5.74, 6) is 0. The highest BCUT2D eigenvalue weighted by molar-refractivity contribution is 7.91. The van der Waals surface area contributed by atoms with Crippen molar-refractivity contribution in [2.45, 2.75) is 22.8 Å². The molecule has 1 N–H and O–H groups in total. The van der Waals surface area contributed by atoms with Gasteiger partial charge >= 0.3 is 0 Å². The Morgan fingerprint density at radius 2 is 1.90 bits per heavy atom. The van der Waals surface area contributed by atoms with Gasteiger partial charge in [0, 0.05) is 32.2 Å². The van der Waals surface area contributed by atoms with Gasteiger partial charge in [-0.15, -0.1) is 11.3 Å². The molecule has 0 aromatic carbocycles. The predicted octanol–water partition coefficient (Wildman–Crippen LogP) is 0.544. The molecule has 1 aromatic rings. The molecule has 8 heteroatoms. The second-order valence-corrected chi connectivity index (χ2v) is 8.28. The number of thiophene rings is 1. The van der Waals surface area contributed by atoms with E-state index in [-0.39, 0.29) is 12.2 Å². The molecular formula is C13H22N2O4S2. The van der Waals surface area contributed by atoms with E-state index in [0.29, 0.717) is 17.3 Å². The topological polar surface area (TPSA) is 67.9 Å². The van der Waals surface area contributed by atoms with Crippen LogP contribution in [0.1, 0.15) is 4.88 Å². The van der Waals surface area contributed by atoms with Crippen LogP contribution in [-0.4, -0.2) is 65.8 Å². The van der Waals surface area contributed by atoms with Crippen molar-refractivity contribution in [3.8, 4) is 0 Å². The molecule has 2 atom stereocenters. The van der Waals surface area contributed by atoms with E-state index in [2.05, 4.69) is 5.32 Å². The molecule has 1 aliphatic heterocycles. The smallest absolute Gasteiger partial charge is 0.252 e. The number of hydrogen-bond acceptors (Lipinski definition) is 6. The Labute approximate surface area is 130 Å². The monoisotopic (exact) mass is 334 g/mol. The Morgan fingerprint density at radius 3 is 2.43 bits per heavy atom. The standard InChI is InChI=1S/C13H22N2O4S2/c1-14-7-6-10-4-5-13(20-10)21(16,17)15-8-11(18-2)12(9-15)19-3/h4-5,11-12,14H,6-9H2,1-3H3. The summed E-state index contributed by atoms with van der Waals surface area (Å²) in [6.45, 7) is 1.50. The molecule has 1 aliphatic rings. The van der Waals surface area contributed by atoms with Crippen LogP contribution in [0.25, 0.3) is 0 Å². The highest BCUT2D eigenvalue weighted by atomic mass is 32.2. The number of rotatable bonds is 7. The third-order valence-electron chi connectivity index (χ3n) is 3.64. The van der Waals surface area contributed by atoms with Crippen molar-refractivity contribution in [1.82, 2.24) is 9.62 Å². The van der Waals surface area contributed by atoms with Crippen molar-refractivity contribution in [2.24, 2.45) is 0 Å². The number of nitrogens with zero attached hydrogens (tertiary/aromatic N) is 1. The molecule has 2 heterocycles. The number of likely N-dealkylation sites (N-methyl/N-ethyl adjacent to an activating group) is 1. The van der Waals surface area contributed by atoms with Gasteiger partial charge in [-0.05, 0) is 32.1 Å². The van der Waals surface area contributed by atoms with Crippen LogP contribution in [0.4, 0.5) is 0 Å². The summed E-state index contributed by atoms with van der Waals surface area (Å²) in [5.41, 5.74) is 0. The molecule has 21 heavy (non-hydrogen) atoms. The Morgan fingerprint density at radius 1 is 1.29 bits per heavy atom. The molecule has 0 amide bonds. The molecule has 1 saturated heterocycles. The van der Waals surface area contributed by atoms with Crippen LogP contribution in [0.15, 0.2) is 16.3 Å². The summed E-state index contributed by atoms with van der Waals surface area (Å²) in [6.07, 6.45) is 0.403. The number of hydrogen-bond donors (Lipinski definition) is 1. The lowest BCUT2D eigenvalue weighted by Gasteiger charge is -2.14. The quantitative estimate of drug-likeness (QED) is 0.788. The van der Waals surface area contributed by atoms with E-state index in [9.17, 15) is 8.42 Å². The van der Waals surface area contributed by atoms with E-state index in [1.807, 2.05) is 13.1 Å². The normalized spacial score (nSPS) is 23.8. The van der Waals surface area contributed by atoms with Gasteiger partial charge in [0.15, 0.2) is 0 Å². The minimum Gasteiger partial charge on any atom is -0.377 e. The molecule has 0 aliphatic carbocycles. The SMILES string of the molecule is CNCCc1ccc(S(=O)(=O)N2CC(OC)C(OC)C2)s1. The van der Waals surface area contributed by atoms with E-state index >= 15 is 0 Å². The zero-order valence-corrected chi connectivity index (χ0v) is 14.2. The van der Waals surface area contributed by atoms with Crippen LogP contribution in [-0.2, 0) is 25.9 Å². The van der Waals surface area contributed by atoms with E-state index in [1.54, 1.807) is 20.3 Å². The first-order valence-corrected chi connectivity index (χ1v) is 9.07. The molecule has 2 rings (SSSR count). The zero-order chi connectivity index (χ0) is 15.5. The lowest BCUT2D eigenvalue weighted by Crippen LogP contribution is -2.29. The van der Waals surface area contributed by atoms with Crippen LogP contribution >= 0.6 is 11.3 Å². The molecule has 0 saturated carbocycles. The molecule has 1 aromatic heterocycles. The molecule has 0 spiro atoms. The first-order valence-electron chi connectivity index (χ1n) is 6.82. The third kappa shape index (κ3) is 3.64. The first kappa shape index (κ1) is 16.9. The summed E-state index contributed by atoms with van der Waals surface area (Å²) in [6, 6.07) is 3.57. The van der Waals surface area contributed by atoms with Crippen molar-refractivity contribution < 1.29 is 17.9 Å². The molecule has 120 valence electrons. The summed E-state index contributed by atoms with van der Waals surface area (Å²) < 4.78 is 37.7. The second kappa shape index (κ2) is 7.17. The fourth-order valence-corrected chi connectivity index (χ4v) is 5.34. The van der Waals surface area contributed by atoms with Crippen LogP contribution in [0.3, 0.4) is 0 Å². The molecule has 2 unspecified atom stereocenters. The molecule has 1 fully saturated rings. The number of ether oxygens (including phenoxy) is 2. The van der Waals surface area contributed by atoms with Gasteiger partial charge < -0.3 is 14.8 Å². The van der Waals surface area contributed by atoms with Crippen molar-refractivity contribution in [3.05, 3.63) is 17.0 Å². The maximum atomic E-state index is 12.7. The van der Waals surface area contributed by atoms with E-state index in [0.717, 1.165) is 17.8 Å². The Balaban J connectivity index is 2.13. The van der Waals surface area contributed by atoms with Gasteiger partial charge in [-0.2, -0.15) is 4.31 Å². The number of methoxy groups -OCH3 is 2. The Kier molecular flexibility index (Phi) is 5.75. The number of sulfonamides is 1. The maximum absolute atomic E-state index is 12.7. The summed E-state index contributed by atoms with van der Waals surface area (Å²) in [4.78, 5) is 1.06. The lowest BCUT2D eigenvalue weighted by molar-refractivity contribution is -0.00461. The Hall–Kier alpha value is -0.510. The molecular weight excluding hydrogens is 312 g/mol. The van der Waals surface area contributed by atoms with Gasteiger partial charge in [-0.25, -0.2) is 8.42 Å². The highest BCUT2D eigenvalue weighted by Gasteiger charge is 2.40. The first-order chi connectivity index (χ1) is 10.0. The summed E-state index contributed by atoms with van der Waals surface area (Å²) >= 11 is 1.33. The predicted molar refractivity (Wildman–Crippen MR) is 82.3 cm³/mol. The van der Waals surface area contributed by atoms with E-state index in [4.69, 9.17) is 9.47 Å². The van der Waals surface area contributed by atoms with Crippen LogP contribution in [0, 0.1) is 0 Å². The van der Waals surface area contributed by atoms with E-state index in [1.165, 1.54) is 15.6 Å². The second-order valence-electron chi connectivity index (χ2n) is 4.94. The van der Waals surface area contributed by atoms with Crippen LogP contribution in [0.5, 0.6) is 0 Å². The minimum absolute atomic E-state index is 0.214. The van der Waals surface area contributed by atoms with E-state index < -0.39 is 10.0 Å². The highest BCUT2D eigenvalue weighted by Crippen LogP contribution is 2.28. The number of nitrogens with one attached hydrogen (secondary N) is 1. The minimum atomic E-state index is -3.46. The van der Waals surface area contributed by atoms with Crippen molar-refractivity contribution in [1.29, 1.82) is 0 Å². The largest absolute Gasteiger partial charge is 0.377 e.